The molecule has 2 N–H and O–H groups in total. The van der Waals surface area contributed by atoms with E-state index in [0.29, 0.717) is 28.8 Å². The summed E-state index contributed by atoms with van der Waals surface area (Å²) in [6, 6.07) is 11.5. The van der Waals surface area contributed by atoms with Gasteiger partial charge in [0.25, 0.3) is 11.8 Å². The van der Waals surface area contributed by atoms with E-state index in [0.717, 1.165) is 12.1 Å². The molecule has 0 bridgehead atoms. The highest BCUT2D eigenvalue weighted by Gasteiger charge is 2.40. The summed E-state index contributed by atoms with van der Waals surface area (Å²) in [6.07, 6.45) is -0.771. The number of amides is 3. The van der Waals surface area contributed by atoms with Crippen LogP contribution in [0.15, 0.2) is 67.0 Å². The van der Waals surface area contributed by atoms with Crippen molar-refractivity contribution in [2.24, 2.45) is 0 Å². The summed E-state index contributed by atoms with van der Waals surface area (Å²) < 4.78 is 39.5. The molecule has 1 fully saturated rings. The van der Waals surface area contributed by atoms with Crippen molar-refractivity contribution >= 4 is 23.4 Å². The number of benzene rings is 2. The lowest BCUT2D eigenvalue weighted by atomic mass is 9.95. The van der Waals surface area contributed by atoms with Gasteiger partial charge in [0.05, 0.1) is 16.8 Å². The molecule has 3 amide bonds. The van der Waals surface area contributed by atoms with Crippen molar-refractivity contribution < 1.29 is 27.6 Å². The maximum absolute atomic E-state index is 13.4. The molecule has 184 valence electrons. The van der Waals surface area contributed by atoms with E-state index in [9.17, 15) is 27.6 Å². The molecule has 0 spiro atoms. The van der Waals surface area contributed by atoms with E-state index in [2.05, 4.69) is 15.6 Å². The van der Waals surface area contributed by atoms with E-state index in [1.165, 1.54) is 41.6 Å². The van der Waals surface area contributed by atoms with Crippen molar-refractivity contribution in [3.05, 3.63) is 83.7 Å². The van der Waals surface area contributed by atoms with Gasteiger partial charge in [-0.05, 0) is 60.4 Å². The minimum Gasteiger partial charge on any atom is -0.349 e. The van der Waals surface area contributed by atoms with E-state index in [1.54, 1.807) is 18.2 Å². The van der Waals surface area contributed by atoms with Crippen molar-refractivity contribution in [1.82, 2.24) is 15.2 Å². The van der Waals surface area contributed by atoms with Crippen LogP contribution in [0.5, 0.6) is 0 Å². The SMILES string of the molecule is O=C(N[C@H]1CCN2C(=O)c3cc(-c4cccc(C(F)(F)F)c4)ccc3NC(=O)[C@@H]2C1)c1ccncc1. The van der Waals surface area contributed by atoms with Crippen molar-refractivity contribution in [3.8, 4) is 11.1 Å². The number of rotatable bonds is 3. The normalized spacial score (nSPS) is 19.6. The predicted molar refractivity (Wildman–Crippen MR) is 125 cm³/mol. The van der Waals surface area contributed by atoms with Crippen molar-refractivity contribution in [2.45, 2.75) is 31.1 Å². The molecule has 0 aliphatic carbocycles. The number of fused-ring (bicyclic) bond motifs is 2. The minimum absolute atomic E-state index is 0.208. The van der Waals surface area contributed by atoms with Crippen molar-refractivity contribution in [3.63, 3.8) is 0 Å². The number of nitrogens with zero attached hydrogens (tertiary/aromatic N) is 2. The van der Waals surface area contributed by atoms with Crippen LogP contribution in [0.2, 0.25) is 0 Å². The fourth-order valence-corrected chi connectivity index (χ4v) is 4.62. The van der Waals surface area contributed by atoms with Crippen LogP contribution in [-0.2, 0) is 11.0 Å². The van der Waals surface area contributed by atoms with E-state index in [4.69, 9.17) is 0 Å². The first-order valence-corrected chi connectivity index (χ1v) is 11.3. The zero-order chi connectivity index (χ0) is 25.4. The number of alkyl halides is 3. The van der Waals surface area contributed by atoms with E-state index >= 15 is 0 Å². The number of nitrogens with one attached hydrogen (secondary N) is 2. The average Bonchev–Trinajstić information content (AvgIpc) is 2.98. The van der Waals surface area contributed by atoms with Gasteiger partial charge >= 0.3 is 6.18 Å². The molecule has 10 heteroatoms. The molecule has 1 saturated heterocycles. The Hall–Kier alpha value is -4.21. The Morgan fingerprint density at radius 2 is 1.78 bits per heavy atom. The van der Waals surface area contributed by atoms with Crippen LogP contribution in [0.25, 0.3) is 11.1 Å². The van der Waals surface area contributed by atoms with E-state index in [-0.39, 0.29) is 42.3 Å². The Kier molecular flexibility index (Phi) is 5.95. The Bertz CT molecular complexity index is 1340. The van der Waals surface area contributed by atoms with Gasteiger partial charge in [0, 0.05) is 30.5 Å². The summed E-state index contributed by atoms with van der Waals surface area (Å²) in [5.41, 5.74) is 0.909. The molecule has 7 nitrogen and oxygen atoms in total. The first-order valence-electron chi connectivity index (χ1n) is 11.3. The second-order valence-corrected chi connectivity index (χ2v) is 8.77. The molecule has 2 aliphatic rings. The molecule has 2 aromatic carbocycles. The van der Waals surface area contributed by atoms with Crippen molar-refractivity contribution in [1.29, 1.82) is 0 Å². The molecule has 3 heterocycles. The number of carbonyl (C=O) groups excluding carboxylic acids is 3. The zero-order valence-corrected chi connectivity index (χ0v) is 18.9. The topological polar surface area (TPSA) is 91.4 Å². The summed E-state index contributed by atoms with van der Waals surface area (Å²) in [7, 11) is 0. The minimum atomic E-state index is -4.49. The maximum atomic E-state index is 13.4. The van der Waals surface area contributed by atoms with Crippen LogP contribution in [0.4, 0.5) is 18.9 Å². The summed E-state index contributed by atoms with van der Waals surface area (Å²) in [6.45, 7) is 0.242. The van der Waals surface area contributed by atoms with Gasteiger partial charge in [-0.15, -0.1) is 0 Å². The average molecular weight is 494 g/mol. The van der Waals surface area contributed by atoms with E-state index < -0.39 is 17.8 Å². The zero-order valence-electron chi connectivity index (χ0n) is 18.9. The molecule has 2 atom stereocenters. The summed E-state index contributed by atoms with van der Waals surface area (Å²) in [5.74, 6) is -1.05. The third kappa shape index (κ3) is 4.53. The summed E-state index contributed by atoms with van der Waals surface area (Å²) in [4.78, 5) is 44.3. The maximum Gasteiger partial charge on any atom is 0.416 e. The number of hydrogen-bond donors (Lipinski definition) is 2. The third-order valence-electron chi connectivity index (χ3n) is 6.47. The molecular formula is C26H21F3N4O3. The molecule has 1 aromatic heterocycles. The highest BCUT2D eigenvalue weighted by Crippen LogP contribution is 2.35. The summed E-state index contributed by atoms with van der Waals surface area (Å²) in [5, 5.41) is 5.69. The fourth-order valence-electron chi connectivity index (χ4n) is 4.62. The molecule has 0 saturated carbocycles. The van der Waals surface area contributed by atoms with Gasteiger partial charge in [0.15, 0.2) is 0 Å². The second-order valence-electron chi connectivity index (χ2n) is 8.77. The van der Waals surface area contributed by atoms with Crippen LogP contribution >= 0.6 is 0 Å². The molecular weight excluding hydrogens is 473 g/mol. The van der Waals surface area contributed by atoms with Crippen LogP contribution < -0.4 is 10.6 Å². The molecule has 3 aromatic rings. The Labute approximate surface area is 204 Å². The van der Waals surface area contributed by atoms with Crippen LogP contribution in [-0.4, -0.2) is 46.2 Å². The van der Waals surface area contributed by atoms with Gasteiger partial charge in [-0.1, -0.05) is 18.2 Å². The standard InChI is InChI=1S/C26H21F3N4O3/c27-26(28,29)18-3-1-2-16(12-18)17-4-5-21-20(13-17)25(36)33-11-8-19(14-22(33)24(35)32-21)31-23(34)15-6-9-30-10-7-15/h1-7,9-10,12-13,19,22H,8,11,14H2,(H,31,34)(H,32,35)/t19-,22-/m0/s1. The smallest absolute Gasteiger partial charge is 0.349 e. The largest absolute Gasteiger partial charge is 0.416 e. The molecule has 36 heavy (non-hydrogen) atoms. The van der Waals surface area contributed by atoms with Crippen molar-refractivity contribution in [2.75, 3.05) is 11.9 Å². The Morgan fingerprint density at radius 1 is 1.03 bits per heavy atom. The van der Waals surface area contributed by atoms with Gasteiger partial charge < -0.3 is 15.5 Å². The first kappa shape index (κ1) is 23.5. The van der Waals surface area contributed by atoms with E-state index in [1.807, 2.05) is 0 Å². The Morgan fingerprint density at radius 3 is 2.53 bits per heavy atom. The van der Waals surface area contributed by atoms with Gasteiger partial charge in [-0.2, -0.15) is 13.2 Å². The number of halogens is 3. The quantitative estimate of drug-likeness (QED) is 0.573. The molecule has 0 radical (unpaired) electrons. The lowest BCUT2D eigenvalue weighted by molar-refractivity contribution is -0.137. The highest BCUT2D eigenvalue weighted by molar-refractivity contribution is 6.10. The highest BCUT2D eigenvalue weighted by atomic mass is 19.4. The third-order valence-corrected chi connectivity index (χ3v) is 6.47. The lowest BCUT2D eigenvalue weighted by Gasteiger charge is -2.37. The summed E-state index contributed by atoms with van der Waals surface area (Å²) >= 11 is 0. The van der Waals surface area contributed by atoms with Gasteiger partial charge in [0.1, 0.15) is 6.04 Å². The van der Waals surface area contributed by atoms with Crippen LogP contribution in [0.1, 0.15) is 39.1 Å². The fraction of sp³-hybridized carbons (Fsp3) is 0.231. The molecule has 2 aliphatic heterocycles. The lowest BCUT2D eigenvalue weighted by Crippen LogP contribution is -2.55. The second kappa shape index (κ2) is 9.10. The van der Waals surface area contributed by atoms with Gasteiger partial charge in [-0.25, -0.2) is 0 Å². The van der Waals surface area contributed by atoms with Crippen LogP contribution in [0, 0.1) is 0 Å². The van der Waals surface area contributed by atoms with Gasteiger partial charge in [-0.3, -0.25) is 19.4 Å². The van der Waals surface area contributed by atoms with Crippen LogP contribution in [0.3, 0.4) is 0 Å². The number of carbonyl (C=O) groups is 3. The molecule has 0 unspecified atom stereocenters. The predicted octanol–water partition coefficient (Wildman–Crippen LogP) is 4.12. The van der Waals surface area contributed by atoms with Gasteiger partial charge in [0.2, 0.25) is 5.91 Å². The molecule has 5 rings (SSSR count). The Balaban J connectivity index is 1.38. The number of anilines is 1. The monoisotopic (exact) mass is 494 g/mol. The number of aromatic nitrogens is 1. The number of hydrogen-bond acceptors (Lipinski definition) is 4. The number of piperidine rings is 1. The number of pyridine rings is 1. The first-order chi connectivity index (χ1) is 17.2.